The molecule has 1 amide bonds. The van der Waals surface area contributed by atoms with Gasteiger partial charge in [0.05, 0.1) is 10.6 Å². The Hall–Kier alpha value is -3.11. The summed E-state index contributed by atoms with van der Waals surface area (Å²) in [5.41, 5.74) is 6.59. The van der Waals surface area contributed by atoms with Gasteiger partial charge in [0, 0.05) is 11.3 Å². The number of hydrogen-bond donors (Lipinski definition) is 1. The maximum atomic E-state index is 12.6. The summed E-state index contributed by atoms with van der Waals surface area (Å²) in [4.78, 5) is 17.2. The van der Waals surface area contributed by atoms with Crippen LogP contribution in [0, 0.1) is 20.8 Å². The van der Waals surface area contributed by atoms with Crippen LogP contribution in [0.2, 0.25) is 5.02 Å². The zero-order valence-electron chi connectivity index (χ0n) is 15.8. The first kappa shape index (κ1) is 18.3. The minimum absolute atomic E-state index is 0.171. The standard InChI is InChI=1S/C23H19ClN2O2/c1-13-6-4-5-7-17(13)22(27)25-16-8-9-19(24)18(12-16)23-26-20-10-14(2)15(3)11-21(20)28-23/h4-12H,1-3H3,(H,25,27). The van der Waals surface area contributed by atoms with E-state index in [0.717, 1.165) is 22.2 Å². The van der Waals surface area contributed by atoms with E-state index in [1.54, 1.807) is 24.3 Å². The zero-order valence-corrected chi connectivity index (χ0v) is 16.6. The van der Waals surface area contributed by atoms with E-state index >= 15 is 0 Å². The number of nitrogens with zero attached hydrogens (tertiary/aromatic N) is 1. The van der Waals surface area contributed by atoms with E-state index in [0.29, 0.717) is 33.3 Å². The summed E-state index contributed by atoms with van der Waals surface area (Å²) in [7, 11) is 0. The highest BCUT2D eigenvalue weighted by atomic mass is 35.5. The van der Waals surface area contributed by atoms with Crippen molar-refractivity contribution in [2.45, 2.75) is 20.8 Å². The molecule has 1 heterocycles. The van der Waals surface area contributed by atoms with Crippen molar-refractivity contribution in [2.75, 3.05) is 5.32 Å². The molecule has 0 saturated heterocycles. The van der Waals surface area contributed by atoms with E-state index in [2.05, 4.69) is 10.3 Å². The van der Waals surface area contributed by atoms with E-state index in [-0.39, 0.29) is 5.91 Å². The molecule has 0 unspecified atom stereocenters. The van der Waals surface area contributed by atoms with Crippen molar-refractivity contribution in [3.8, 4) is 11.5 Å². The van der Waals surface area contributed by atoms with Crippen molar-refractivity contribution in [3.63, 3.8) is 0 Å². The van der Waals surface area contributed by atoms with Gasteiger partial charge in [-0.15, -0.1) is 0 Å². The van der Waals surface area contributed by atoms with Crippen molar-refractivity contribution < 1.29 is 9.21 Å². The lowest BCUT2D eigenvalue weighted by molar-refractivity contribution is 0.102. The quantitative estimate of drug-likeness (QED) is 0.445. The Labute approximate surface area is 168 Å². The van der Waals surface area contributed by atoms with Gasteiger partial charge in [-0.1, -0.05) is 29.8 Å². The van der Waals surface area contributed by atoms with Crippen LogP contribution < -0.4 is 5.32 Å². The SMILES string of the molecule is Cc1cc2nc(-c3cc(NC(=O)c4ccccc4C)ccc3Cl)oc2cc1C. The molecule has 140 valence electrons. The third kappa shape index (κ3) is 3.39. The van der Waals surface area contributed by atoms with Gasteiger partial charge in [-0.3, -0.25) is 4.79 Å². The van der Waals surface area contributed by atoms with Crippen molar-refractivity contribution >= 4 is 34.3 Å². The predicted molar refractivity (Wildman–Crippen MR) is 113 cm³/mol. The molecule has 1 N–H and O–H groups in total. The second-order valence-electron chi connectivity index (χ2n) is 6.89. The molecule has 4 rings (SSSR count). The highest BCUT2D eigenvalue weighted by Crippen LogP contribution is 2.33. The van der Waals surface area contributed by atoms with Gasteiger partial charge in [0.25, 0.3) is 5.91 Å². The first-order valence-corrected chi connectivity index (χ1v) is 9.35. The maximum Gasteiger partial charge on any atom is 0.255 e. The fourth-order valence-corrected chi connectivity index (χ4v) is 3.29. The molecule has 0 fully saturated rings. The van der Waals surface area contributed by atoms with Gasteiger partial charge in [-0.25, -0.2) is 4.98 Å². The summed E-state index contributed by atoms with van der Waals surface area (Å²) in [6, 6.07) is 16.7. The zero-order chi connectivity index (χ0) is 19.8. The number of hydrogen-bond acceptors (Lipinski definition) is 3. The molecule has 28 heavy (non-hydrogen) atoms. The number of fused-ring (bicyclic) bond motifs is 1. The molecule has 0 atom stereocenters. The molecule has 0 aliphatic heterocycles. The summed E-state index contributed by atoms with van der Waals surface area (Å²) in [5, 5.41) is 3.43. The molecule has 0 saturated carbocycles. The number of aromatic nitrogens is 1. The first-order chi connectivity index (χ1) is 13.4. The fraction of sp³-hybridized carbons (Fsp3) is 0.130. The number of aryl methyl sites for hydroxylation is 3. The smallest absolute Gasteiger partial charge is 0.255 e. The lowest BCUT2D eigenvalue weighted by Crippen LogP contribution is -2.13. The molecule has 0 aliphatic rings. The minimum Gasteiger partial charge on any atom is -0.436 e. The molecular formula is C23H19ClN2O2. The van der Waals surface area contributed by atoms with Crippen molar-refractivity contribution in [1.29, 1.82) is 0 Å². The second-order valence-corrected chi connectivity index (χ2v) is 7.29. The number of amides is 1. The van der Waals surface area contributed by atoms with Gasteiger partial charge in [0.1, 0.15) is 5.52 Å². The Balaban J connectivity index is 1.70. The first-order valence-electron chi connectivity index (χ1n) is 8.97. The summed E-state index contributed by atoms with van der Waals surface area (Å²) in [5.74, 6) is 0.257. The lowest BCUT2D eigenvalue weighted by atomic mass is 10.1. The number of rotatable bonds is 3. The number of benzene rings is 3. The highest BCUT2D eigenvalue weighted by molar-refractivity contribution is 6.33. The molecule has 0 spiro atoms. The number of halogens is 1. The monoisotopic (exact) mass is 390 g/mol. The molecule has 5 heteroatoms. The molecule has 0 aliphatic carbocycles. The third-order valence-electron chi connectivity index (χ3n) is 4.85. The van der Waals surface area contributed by atoms with Crippen LogP contribution >= 0.6 is 11.6 Å². The Morgan fingerprint density at radius 2 is 1.71 bits per heavy atom. The van der Waals surface area contributed by atoms with Gasteiger partial charge < -0.3 is 9.73 Å². The highest BCUT2D eigenvalue weighted by Gasteiger charge is 2.15. The van der Waals surface area contributed by atoms with Crippen LogP contribution in [0.5, 0.6) is 0 Å². The number of carbonyl (C=O) groups is 1. The van der Waals surface area contributed by atoms with E-state index in [1.807, 2.05) is 51.1 Å². The van der Waals surface area contributed by atoms with Gasteiger partial charge in [-0.2, -0.15) is 0 Å². The Morgan fingerprint density at radius 3 is 2.50 bits per heavy atom. The van der Waals surface area contributed by atoms with E-state index in [9.17, 15) is 4.79 Å². The van der Waals surface area contributed by atoms with E-state index in [4.69, 9.17) is 16.0 Å². The molecule has 3 aromatic carbocycles. The largest absolute Gasteiger partial charge is 0.436 e. The van der Waals surface area contributed by atoms with E-state index in [1.165, 1.54) is 0 Å². The van der Waals surface area contributed by atoms with Crippen LogP contribution in [0.3, 0.4) is 0 Å². The topological polar surface area (TPSA) is 55.1 Å². The third-order valence-corrected chi connectivity index (χ3v) is 5.18. The average molecular weight is 391 g/mol. The molecule has 4 aromatic rings. The number of oxazole rings is 1. The van der Waals surface area contributed by atoms with Crippen LogP contribution in [0.15, 0.2) is 59.0 Å². The van der Waals surface area contributed by atoms with Gasteiger partial charge >= 0.3 is 0 Å². The molecule has 0 bridgehead atoms. The number of carbonyl (C=O) groups excluding carboxylic acids is 1. The van der Waals surface area contributed by atoms with Crippen molar-refractivity contribution in [1.82, 2.24) is 4.98 Å². The normalized spacial score (nSPS) is 11.0. The Bertz CT molecular complexity index is 1170. The van der Waals surface area contributed by atoms with Crippen LogP contribution in [0.1, 0.15) is 27.0 Å². The molecule has 4 nitrogen and oxygen atoms in total. The van der Waals surface area contributed by atoms with Crippen LogP contribution in [0.25, 0.3) is 22.6 Å². The number of nitrogens with one attached hydrogen (secondary N) is 1. The summed E-state index contributed by atoms with van der Waals surface area (Å²) in [6.45, 7) is 5.98. The van der Waals surface area contributed by atoms with Crippen LogP contribution in [0.4, 0.5) is 5.69 Å². The molecule has 1 aromatic heterocycles. The van der Waals surface area contributed by atoms with Gasteiger partial charge in [0.15, 0.2) is 5.58 Å². The van der Waals surface area contributed by atoms with Crippen molar-refractivity contribution in [2.24, 2.45) is 0 Å². The average Bonchev–Trinajstić information content (AvgIpc) is 3.06. The number of anilines is 1. The fourth-order valence-electron chi connectivity index (χ4n) is 3.09. The van der Waals surface area contributed by atoms with Gasteiger partial charge in [-0.05, 0) is 73.9 Å². The van der Waals surface area contributed by atoms with Crippen LogP contribution in [-0.2, 0) is 0 Å². The minimum atomic E-state index is -0.171. The van der Waals surface area contributed by atoms with Crippen LogP contribution in [-0.4, -0.2) is 10.9 Å². The van der Waals surface area contributed by atoms with Gasteiger partial charge in [0.2, 0.25) is 5.89 Å². The maximum absolute atomic E-state index is 12.6. The predicted octanol–water partition coefficient (Wildman–Crippen LogP) is 6.33. The summed E-state index contributed by atoms with van der Waals surface area (Å²) in [6.07, 6.45) is 0. The lowest BCUT2D eigenvalue weighted by Gasteiger charge is -2.09. The Kier molecular flexibility index (Phi) is 4.65. The van der Waals surface area contributed by atoms with Crippen molar-refractivity contribution in [3.05, 3.63) is 81.9 Å². The summed E-state index contributed by atoms with van der Waals surface area (Å²) < 4.78 is 5.93. The molecular weight excluding hydrogens is 372 g/mol. The Morgan fingerprint density at radius 1 is 0.964 bits per heavy atom. The second kappa shape index (κ2) is 7.13. The summed E-state index contributed by atoms with van der Waals surface area (Å²) >= 11 is 6.39. The van der Waals surface area contributed by atoms with E-state index < -0.39 is 0 Å². The molecule has 0 radical (unpaired) electrons.